The van der Waals surface area contributed by atoms with Crippen LogP contribution in [0.3, 0.4) is 0 Å². The van der Waals surface area contributed by atoms with Crippen LogP contribution in [0.5, 0.6) is 0 Å². The van der Waals surface area contributed by atoms with Crippen LogP contribution in [0, 0.1) is 0 Å². The molecule has 5 heteroatoms. The van der Waals surface area contributed by atoms with Gasteiger partial charge in [-0.3, -0.25) is 9.48 Å². The van der Waals surface area contributed by atoms with Crippen molar-refractivity contribution in [1.82, 2.24) is 9.78 Å². The van der Waals surface area contributed by atoms with Gasteiger partial charge in [0.05, 0.1) is 12.1 Å². The minimum atomic E-state index is -0.0651. The Kier molecular flexibility index (Phi) is 3.47. The maximum atomic E-state index is 11.8. The maximum absolute atomic E-state index is 11.8. The molecule has 0 unspecified atom stereocenters. The van der Waals surface area contributed by atoms with Gasteiger partial charge >= 0.3 is 0 Å². The fourth-order valence-corrected chi connectivity index (χ4v) is 1.78. The SMILES string of the molecule is CC(C)n1ccc(CC(=O)c2ccc(Br)o2)n1. The van der Waals surface area contributed by atoms with Crippen molar-refractivity contribution < 1.29 is 9.21 Å². The van der Waals surface area contributed by atoms with Crippen LogP contribution in [0.2, 0.25) is 0 Å². The average molecular weight is 297 g/mol. The first-order valence-corrected chi connectivity index (χ1v) is 6.18. The van der Waals surface area contributed by atoms with E-state index in [-0.39, 0.29) is 12.2 Å². The zero-order valence-electron chi connectivity index (χ0n) is 9.68. The molecule has 0 radical (unpaired) electrons. The monoisotopic (exact) mass is 296 g/mol. The lowest BCUT2D eigenvalue weighted by molar-refractivity contribution is 0.0964. The quantitative estimate of drug-likeness (QED) is 0.814. The molecule has 0 bridgehead atoms. The van der Waals surface area contributed by atoms with E-state index in [1.807, 2.05) is 30.8 Å². The third-order valence-corrected chi connectivity index (χ3v) is 2.81. The topological polar surface area (TPSA) is 48.0 Å². The number of halogens is 1. The van der Waals surface area contributed by atoms with E-state index in [4.69, 9.17) is 4.42 Å². The standard InChI is InChI=1S/C12H13BrN2O2/c1-8(2)15-6-5-9(14-15)7-10(16)11-3-4-12(13)17-11/h3-6,8H,7H2,1-2H3. The molecule has 2 rings (SSSR count). The van der Waals surface area contributed by atoms with Gasteiger partial charge in [0.2, 0.25) is 5.78 Å². The predicted octanol–water partition coefficient (Wildman–Crippen LogP) is 3.24. The summed E-state index contributed by atoms with van der Waals surface area (Å²) in [4.78, 5) is 11.8. The highest BCUT2D eigenvalue weighted by Gasteiger charge is 2.13. The van der Waals surface area contributed by atoms with Crippen molar-refractivity contribution in [3.8, 4) is 0 Å². The number of furan rings is 1. The van der Waals surface area contributed by atoms with Crippen LogP contribution in [0.4, 0.5) is 0 Å². The van der Waals surface area contributed by atoms with E-state index in [0.717, 1.165) is 5.69 Å². The number of carbonyl (C=O) groups excluding carboxylic acids is 1. The fraction of sp³-hybridized carbons (Fsp3) is 0.333. The molecule has 17 heavy (non-hydrogen) atoms. The van der Waals surface area contributed by atoms with Gasteiger partial charge in [0, 0.05) is 12.2 Å². The van der Waals surface area contributed by atoms with E-state index in [2.05, 4.69) is 21.0 Å². The van der Waals surface area contributed by atoms with E-state index in [1.54, 1.807) is 12.1 Å². The molecule has 4 nitrogen and oxygen atoms in total. The number of rotatable bonds is 4. The second-order valence-corrected chi connectivity index (χ2v) is 4.87. The predicted molar refractivity (Wildman–Crippen MR) is 67.1 cm³/mol. The Morgan fingerprint density at radius 1 is 1.47 bits per heavy atom. The Morgan fingerprint density at radius 3 is 2.76 bits per heavy atom. The second kappa shape index (κ2) is 4.87. The second-order valence-electron chi connectivity index (χ2n) is 4.08. The van der Waals surface area contributed by atoms with Crippen LogP contribution in [-0.2, 0) is 6.42 Å². The zero-order valence-corrected chi connectivity index (χ0v) is 11.3. The van der Waals surface area contributed by atoms with Crippen LogP contribution in [0.1, 0.15) is 36.1 Å². The molecule has 0 saturated heterocycles. The molecule has 2 heterocycles. The first-order chi connectivity index (χ1) is 8.06. The highest BCUT2D eigenvalue weighted by atomic mass is 79.9. The minimum Gasteiger partial charge on any atom is -0.446 e. The fourth-order valence-electron chi connectivity index (χ4n) is 1.48. The van der Waals surface area contributed by atoms with Crippen molar-refractivity contribution in [2.24, 2.45) is 0 Å². The lowest BCUT2D eigenvalue weighted by Crippen LogP contribution is -2.05. The Balaban J connectivity index is 2.07. The highest BCUT2D eigenvalue weighted by molar-refractivity contribution is 9.10. The Bertz CT molecular complexity index is 528. The number of hydrogen-bond acceptors (Lipinski definition) is 3. The Morgan fingerprint density at radius 2 is 2.24 bits per heavy atom. The summed E-state index contributed by atoms with van der Waals surface area (Å²) in [7, 11) is 0. The van der Waals surface area contributed by atoms with Crippen molar-refractivity contribution in [2.45, 2.75) is 26.3 Å². The highest BCUT2D eigenvalue weighted by Crippen LogP contribution is 2.16. The van der Waals surface area contributed by atoms with Gasteiger partial charge in [0.25, 0.3) is 0 Å². The molecule has 0 spiro atoms. The molecule has 2 aromatic heterocycles. The smallest absolute Gasteiger partial charge is 0.204 e. The lowest BCUT2D eigenvalue weighted by atomic mass is 10.2. The number of Topliss-reactive ketones (excluding diaryl/α,β-unsaturated/α-hetero) is 1. The lowest BCUT2D eigenvalue weighted by Gasteiger charge is -2.03. The molecule has 0 fully saturated rings. The van der Waals surface area contributed by atoms with Crippen LogP contribution < -0.4 is 0 Å². The third-order valence-electron chi connectivity index (χ3n) is 2.38. The minimum absolute atomic E-state index is 0.0651. The van der Waals surface area contributed by atoms with Crippen molar-refractivity contribution in [1.29, 1.82) is 0 Å². The van der Waals surface area contributed by atoms with Gasteiger partial charge in [-0.25, -0.2) is 0 Å². The molecule has 0 aliphatic rings. The summed E-state index contributed by atoms with van der Waals surface area (Å²) in [5.74, 6) is 0.292. The van der Waals surface area contributed by atoms with Gasteiger partial charge < -0.3 is 4.42 Å². The summed E-state index contributed by atoms with van der Waals surface area (Å²) in [5, 5.41) is 4.32. The zero-order chi connectivity index (χ0) is 12.4. The van der Waals surface area contributed by atoms with E-state index in [1.165, 1.54) is 0 Å². The summed E-state index contributed by atoms with van der Waals surface area (Å²) in [6.07, 6.45) is 2.14. The molecular weight excluding hydrogens is 284 g/mol. The number of aromatic nitrogens is 2. The van der Waals surface area contributed by atoms with E-state index in [9.17, 15) is 4.79 Å². The first-order valence-electron chi connectivity index (χ1n) is 5.39. The molecule has 0 saturated carbocycles. The average Bonchev–Trinajstić information content (AvgIpc) is 2.86. The summed E-state index contributed by atoms with van der Waals surface area (Å²) in [5.41, 5.74) is 0.760. The molecule has 2 aromatic rings. The van der Waals surface area contributed by atoms with Crippen molar-refractivity contribution >= 4 is 21.7 Å². The van der Waals surface area contributed by atoms with Gasteiger partial charge in [0.15, 0.2) is 10.4 Å². The van der Waals surface area contributed by atoms with Crippen molar-refractivity contribution in [3.63, 3.8) is 0 Å². The van der Waals surface area contributed by atoms with Gasteiger partial charge in [-0.1, -0.05) is 0 Å². The Labute approximate surface area is 108 Å². The maximum Gasteiger partial charge on any atom is 0.204 e. The first kappa shape index (κ1) is 12.1. The molecule has 0 aliphatic carbocycles. The van der Waals surface area contributed by atoms with Crippen molar-refractivity contribution in [3.05, 3.63) is 40.5 Å². The van der Waals surface area contributed by atoms with Crippen LogP contribution in [0.15, 0.2) is 33.5 Å². The molecule has 0 aliphatic heterocycles. The van der Waals surface area contributed by atoms with Crippen LogP contribution in [0.25, 0.3) is 0 Å². The third kappa shape index (κ3) is 2.85. The van der Waals surface area contributed by atoms with Crippen LogP contribution in [-0.4, -0.2) is 15.6 Å². The van der Waals surface area contributed by atoms with Gasteiger partial charge in [0.1, 0.15) is 0 Å². The van der Waals surface area contributed by atoms with E-state index >= 15 is 0 Å². The van der Waals surface area contributed by atoms with Gasteiger partial charge in [-0.2, -0.15) is 5.10 Å². The summed E-state index contributed by atoms with van der Waals surface area (Å²) >= 11 is 3.17. The number of nitrogens with zero attached hydrogens (tertiary/aromatic N) is 2. The Hall–Kier alpha value is -1.36. The molecule has 0 atom stereocenters. The van der Waals surface area contributed by atoms with E-state index < -0.39 is 0 Å². The van der Waals surface area contributed by atoms with Gasteiger partial charge in [-0.05, 0) is 48.0 Å². The summed E-state index contributed by atoms with van der Waals surface area (Å²) < 4.78 is 7.60. The number of ketones is 1. The molecule has 90 valence electrons. The number of carbonyl (C=O) groups is 1. The normalized spacial score (nSPS) is 11.1. The number of hydrogen-bond donors (Lipinski definition) is 0. The summed E-state index contributed by atoms with van der Waals surface area (Å²) in [6, 6.07) is 5.53. The van der Waals surface area contributed by atoms with E-state index in [0.29, 0.717) is 16.5 Å². The summed E-state index contributed by atoms with van der Waals surface area (Å²) in [6.45, 7) is 4.09. The molecule has 0 amide bonds. The molecule has 0 aromatic carbocycles. The van der Waals surface area contributed by atoms with Crippen molar-refractivity contribution in [2.75, 3.05) is 0 Å². The van der Waals surface area contributed by atoms with Crippen LogP contribution >= 0.6 is 15.9 Å². The molecule has 0 N–H and O–H groups in total. The largest absolute Gasteiger partial charge is 0.446 e. The molecular formula is C12H13BrN2O2. The van der Waals surface area contributed by atoms with Gasteiger partial charge in [-0.15, -0.1) is 0 Å².